The van der Waals surface area contributed by atoms with Gasteiger partial charge in [0.25, 0.3) is 5.91 Å². The number of fused-ring (bicyclic) bond motifs is 1. The first kappa shape index (κ1) is 19.0. The number of piperidine rings is 1. The van der Waals surface area contributed by atoms with Gasteiger partial charge < -0.3 is 4.90 Å². The highest BCUT2D eigenvalue weighted by Crippen LogP contribution is 2.43. The first-order valence-electron chi connectivity index (χ1n) is 10.0. The molecule has 0 unspecified atom stereocenters. The molecule has 0 saturated carbocycles. The van der Waals surface area contributed by atoms with Crippen molar-refractivity contribution in [3.05, 3.63) is 80.4 Å². The third-order valence-corrected chi connectivity index (χ3v) is 7.87. The number of likely N-dealkylation sites (tertiary alicyclic amines) is 2. The molecule has 4 heterocycles. The summed E-state index contributed by atoms with van der Waals surface area (Å²) in [5, 5.41) is 6.44. The molecular weight excluding hydrogens is 403 g/mol. The van der Waals surface area contributed by atoms with E-state index in [1.165, 1.54) is 16.5 Å². The maximum Gasteiger partial charge on any atom is 0.257 e. The van der Waals surface area contributed by atoms with Crippen molar-refractivity contribution in [2.24, 2.45) is 5.92 Å². The van der Waals surface area contributed by atoms with E-state index < -0.39 is 5.82 Å². The smallest absolute Gasteiger partial charge is 0.257 e. The maximum absolute atomic E-state index is 14.3. The van der Waals surface area contributed by atoms with E-state index in [2.05, 4.69) is 39.2 Å². The second kappa shape index (κ2) is 8.01. The summed E-state index contributed by atoms with van der Waals surface area (Å²) in [6.07, 6.45) is 0.941. The van der Waals surface area contributed by atoms with Gasteiger partial charge >= 0.3 is 0 Å². The molecule has 2 fully saturated rings. The summed E-state index contributed by atoms with van der Waals surface area (Å²) >= 11 is 3.50. The highest BCUT2D eigenvalue weighted by atomic mass is 32.1. The van der Waals surface area contributed by atoms with Crippen LogP contribution in [-0.2, 0) is 6.54 Å². The number of hydrogen-bond acceptors (Lipinski definition) is 4. The van der Waals surface area contributed by atoms with Gasteiger partial charge in [0.1, 0.15) is 5.82 Å². The van der Waals surface area contributed by atoms with Crippen molar-refractivity contribution in [2.45, 2.75) is 24.9 Å². The van der Waals surface area contributed by atoms with Crippen molar-refractivity contribution in [1.29, 1.82) is 0 Å². The van der Waals surface area contributed by atoms with E-state index in [9.17, 15) is 9.18 Å². The van der Waals surface area contributed by atoms with Gasteiger partial charge in [-0.1, -0.05) is 18.2 Å². The van der Waals surface area contributed by atoms with Gasteiger partial charge in [0, 0.05) is 48.9 Å². The van der Waals surface area contributed by atoms with Gasteiger partial charge in [-0.3, -0.25) is 9.69 Å². The Morgan fingerprint density at radius 1 is 1.10 bits per heavy atom. The Bertz CT molecular complexity index is 973. The molecule has 0 N–H and O–H groups in total. The van der Waals surface area contributed by atoms with Crippen LogP contribution in [0, 0.1) is 11.7 Å². The molecule has 3 aromatic rings. The molecule has 2 aliphatic rings. The fourth-order valence-corrected chi connectivity index (χ4v) is 6.40. The van der Waals surface area contributed by atoms with Crippen LogP contribution in [0.2, 0.25) is 0 Å². The molecule has 3 nitrogen and oxygen atoms in total. The Balaban J connectivity index is 1.41. The van der Waals surface area contributed by atoms with Crippen LogP contribution in [0.1, 0.15) is 33.1 Å². The first-order valence-corrected chi connectivity index (χ1v) is 11.9. The summed E-state index contributed by atoms with van der Waals surface area (Å²) in [5.74, 6) is 0.104. The first-order chi connectivity index (χ1) is 14.2. The zero-order valence-electron chi connectivity index (χ0n) is 16.0. The van der Waals surface area contributed by atoms with Crippen molar-refractivity contribution in [1.82, 2.24) is 9.80 Å². The number of benzene rings is 1. The van der Waals surface area contributed by atoms with E-state index in [1.54, 1.807) is 40.9 Å². The summed E-state index contributed by atoms with van der Waals surface area (Å²) in [6.45, 7) is 3.59. The number of amides is 1. The van der Waals surface area contributed by atoms with Crippen molar-refractivity contribution in [2.75, 3.05) is 19.6 Å². The van der Waals surface area contributed by atoms with E-state index in [1.807, 2.05) is 4.90 Å². The largest absolute Gasteiger partial charge is 0.335 e. The van der Waals surface area contributed by atoms with Crippen LogP contribution in [-0.4, -0.2) is 41.4 Å². The van der Waals surface area contributed by atoms with E-state index >= 15 is 0 Å². The summed E-state index contributed by atoms with van der Waals surface area (Å²) in [7, 11) is 0. The van der Waals surface area contributed by atoms with E-state index in [4.69, 9.17) is 0 Å². The molecule has 0 aliphatic carbocycles. The number of carbonyl (C=O) groups excluding carboxylic acids is 1. The highest BCUT2D eigenvalue weighted by Gasteiger charge is 2.47. The number of nitrogens with zero attached hydrogens (tertiary/aromatic N) is 2. The molecule has 2 aromatic heterocycles. The predicted molar refractivity (Wildman–Crippen MR) is 116 cm³/mol. The van der Waals surface area contributed by atoms with E-state index in [0.717, 1.165) is 26.1 Å². The number of carbonyl (C=O) groups is 1. The van der Waals surface area contributed by atoms with E-state index in [0.29, 0.717) is 18.4 Å². The molecule has 0 spiro atoms. The number of halogens is 1. The Morgan fingerprint density at radius 3 is 2.76 bits per heavy atom. The van der Waals surface area contributed by atoms with Crippen molar-refractivity contribution in [3.63, 3.8) is 0 Å². The highest BCUT2D eigenvalue weighted by molar-refractivity contribution is 7.09. The molecule has 2 saturated heterocycles. The molecule has 5 rings (SSSR count). The topological polar surface area (TPSA) is 23.6 Å². The number of rotatable bonds is 4. The average molecular weight is 427 g/mol. The lowest BCUT2D eigenvalue weighted by molar-refractivity contribution is 0.0611. The lowest BCUT2D eigenvalue weighted by atomic mass is 9.82. The summed E-state index contributed by atoms with van der Waals surface area (Å²) in [4.78, 5) is 19.1. The van der Waals surface area contributed by atoms with Crippen LogP contribution in [0.3, 0.4) is 0 Å². The minimum absolute atomic E-state index is 0.164. The standard InChI is InChI=1S/C23H23FN2OS2/c24-21-6-2-1-5-18(21)23(27)26-14-19(16-8-11-28-15-16)20-13-25(9-7-22(20)26)12-17-4-3-10-29-17/h1-6,8,10-11,15,19-20,22H,7,9,12-14H2/t19-,20-,22-/m1/s1. The molecule has 6 heteroatoms. The Morgan fingerprint density at radius 2 is 2.00 bits per heavy atom. The zero-order valence-corrected chi connectivity index (χ0v) is 17.7. The number of thiophene rings is 2. The normalized spacial score (nSPS) is 24.6. The summed E-state index contributed by atoms with van der Waals surface area (Å²) < 4.78 is 14.3. The molecule has 1 amide bonds. The lowest BCUT2D eigenvalue weighted by Gasteiger charge is -2.38. The lowest BCUT2D eigenvalue weighted by Crippen LogP contribution is -2.47. The van der Waals surface area contributed by atoms with Gasteiger partial charge in [-0.05, 0) is 52.4 Å². The maximum atomic E-state index is 14.3. The van der Waals surface area contributed by atoms with Crippen molar-refractivity contribution < 1.29 is 9.18 Å². The fraction of sp³-hybridized carbons (Fsp3) is 0.348. The fourth-order valence-electron chi connectivity index (χ4n) is 4.93. The molecular formula is C23H23FN2OS2. The van der Waals surface area contributed by atoms with Crippen molar-refractivity contribution >= 4 is 28.6 Å². The Hall–Kier alpha value is -2.02. The Labute approximate surface area is 178 Å². The third kappa shape index (κ3) is 3.65. The van der Waals surface area contributed by atoms with Crippen LogP contribution in [0.4, 0.5) is 4.39 Å². The van der Waals surface area contributed by atoms with Gasteiger partial charge in [-0.25, -0.2) is 4.39 Å². The molecule has 0 radical (unpaired) electrons. The third-order valence-electron chi connectivity index (χ3n) is 6.31. The van der Waals surface area contributed by atoms with Gasteiger partial charge in [0.05, 0.1) is 5.56 Å². The van der Waals surface area contributed by atoms with Gasteiger partial charge in [0.15, 0.2) is 0 Å². The monoisotopic (exact) mass is 426 g/mol. The Kier molecular flexibility index (Phi) is 5.24. The number of hydrogen-bond donors (Lipinski definition) is 0. The summed E-state index contributed by atoms with van der Waals surface area (Å²) in [6, 6.07) is 13.0. The van der Waals surface area contributed by atoms with Crippen LogP contribution < -0.4 is 0 Å². The minimum atomic E-state index is -0.428. The van der Waals surface area contributed by atoms with E-state index in [-0.39, 0.29) is 17.5 Å². The molecule has 3 atom stereocenters. The average Bonchev–Trinajstić information content (AvgIpc) is 3.48. The molecule has 150 valence electrons. The predicted octanol–water partition coefficient (Wildman–Crippen LogP) is 5.08. The van der Waals surface area contributed by atoms with Crippen LogP contribution in [0.5, 0.6) is 0 Å². The second-order valence-electron chi connectivity index (χ2n) is 7.93. The molecule has 29 heavy (non-hydrogen) atoms. The molecule has 2 aliphatic heterocycles. The van der Waals surface area contributed by atoms with Crippen molar-refractivity contribution in [3.8, 4) is 0 Å². The molecule has 1 aromatic carbocycles. The van der Waals surface area contributed by atoms with Crippen LogP contribution in [0.25, 0.3) is 0 Å². The second-order valence-corrected chi connectivity index (χ2v) is 9.75. The quantitative estimate of drug-likeness (QED) is 0.581. The minimum Gasteiger partial charge on any atom is -0.335 e. The van der Waals surface area contributed by atoms with Gasteiger partial charge in [-0.2, -0.15) is 11.3 Å². The van der Waals surface area contributed by atoms with Gasteiger partial charge in [-0.15, -0.1) is 11.3 Å². The SMILES string of the molecule is O=C(c1ccccc1F)N1C[C@H](c2ccsc2)[C@H]2CN(Cc3cccs3)CC[C@H]21. The molecule has 0 bridgehead atoms. The van der Waals surface area contributed by atoms with Crippen LogP contribution in [0.15, 0.2) is 58.6 Å². The summed E-state index contributed by atoms with van der Waals surface area (Å²) in [5.41, 5.74) is 1.50. The van der Waals surface area contributed by atoms with Gasteiger partial charge in [0.2, 0.25) is 0 Å². The zero-order chi connectivity index (χ0) is 19.8. The van der Waals surface area contributed by atoms with Crippen LogP contribution >= 0.6 is 22.7 Å².